The van der Waals surface area contributed by atoms with Gasteiger partial charge in [0, 0.05) is 57.4 Å². The zero-order valence-corrected chi connectivity index (χ0v) is 21.1. The number of hydrogen-bond donors (Lipinski definition) is 2. The van der Waals surface area contributed by atoms with Gasteiger partial charge in [-0.1, -0.05) is 48.5 Å². The SMILES string of the molecule is O=C(CCC[C@H]1NCC2CC1CN(Cc1ccccc1)C2)NCCCN1CCCc2ccccc21. The molecule has 1 amide bonds. The summed E-state index contributed by atoms with van der Waals surface area (Å²) in [5.74, 6) is 1.69. The Labute approximate surface area is 211 Å². The standard InChI is InChI=1S/C30H42N4O/c35-30(31-16-8-18-34-17-7-12-26-11-4-5-14-29(26)34)15-6-13-28-27-19-25(20-32-28)22-33(23-27)21-24-9-2-1-3-10-24/h1-5,9-11,14,25,27-28,32H,6-8,12-13,15-23H2,(H,31,35)/t25?,27?,28-/m1/s1. The van der Waals surface area contributed by atoms with E-state index < -0.39 is 0 Å². The minimum Gasteiger partial charge on any atom is -0.371 e. The number of hydrogen-bond acceptors (Lipinski definition) is 4. The number of rotatable bonds is 10. The maximum absolute atomic E-state index is 12.5. The Morgan fingerprint density at radius 3 is 2.80 bits per heavy atom. The number of carbonyl (C=O) groups is 1. The van der Waals surface area contributed by atoms with E-state index in [1.807, 2.05) is 0 Å². The van der Waals surface area contributed by atoms with Crippen molar-refractivity contribution in [3.63, 3.8) is 0 Å². The Morgan fingerprint density at radius 1 is 1.03 bits per heavy atom. The van der Waals surface area contributed by atoms with Crippen molar-refractivity contribution in [1.29, 1.82) is 0 Å². The number of amides is 1. The molecule has 188 valence electrons. The van der Waals surface area contributed by atoms with Crippen LogP contribution in [0.4, 0.5) is 5.69 Å². The molecule has 35 heavy (non-hydrogen) atoms. The molecule has 3 aliphatic heterocycles. The van der Waals surface area contributed by atoms with Crippen molar-refractivity contribution in [3.05, 3.63) is 65.7 Å². The Hall–Kier alpha value is -2.37. The van der Waals surface area contributed by atoms with Crippen molar-refractivity contribution >= 4 is 11.6 Å². The molecular weight excluding hydrogens is 432 g/mol. The van der Waals surface area contributed by atoms with Gasteiger partial charge in [0.2, 0.25) is 5.91 Å². The van der Waals surface area contributed by atoms with Gasteiger partial charge in [-0.25, -0.2) is 0 Å². The van der Waals surface area contributed by atoms with E-state index in [-0.39, 0.29) is 5.91 Å². The third-order valence-corrected chi connectivity index (χ3v) is 8.18. The number of piperidine rings is 2. The highest BCUT2D eigenvalue weighted by atomic mass is 16.1. The van der Waals surface area contributed by atoms with E-state index in [4.69, 9.17) is 0 Å². The summed E-state index contributed by atoms with van der Waals surface area (Å²) < 4.78 is 0. The van der Waals surface area contributed by atoms with Crippen LogP contribution < -0.4 is 15.5 Å². The lowest BCUT2D eigenvalue weighted by atomic mass is 9.79. The summed E-state index contributed by atoms with van der Waals surface area (Å²) in [7, 11) is 0. The van der Waals surface area contributed by atoms with Crippen LogP contribution in [0.2, 0.25) is 0 Å². The van der Waals surface area contributed by atoms with Gasteiger partial charge >= 0.3 is 0 Å². The minimum atomic E-state index is 0.215. The fourth-order valence-electron chi connectivity index (χ4n) is 6.49. The van der Waals surface area contributed by atoms with E-state index in [1.54, 1.807) is 0 Å². The highest BCUT2D eigenvalue weighted by molar-refractivity contribution is 5.75. The van der Waals surface area contributed by atoms with Crippen molar-refractivity contribution < 1.29 is 4.79 Å². The van der Waals surface area contributed by atoms with Crippen LogP contribution in [-0.4, -0.2) is 56.1 Å². The highest BCUT2D eigenvalue weighted by Crippen LogP contribution is 2.31. The maximum atomic E-state index is 12.5. The monoisotopic (exact) mass is 474 g/mol. The third kappa shape index (κ3) is 6.65. The topological polar surface area (TPSA) is 47.6 Å². The number of para-hydroxylation sites is 1. The van der Waals surface area contributed by atoms with Gasteiger partial charge < -0.3 is 15.5 Å². The Bertz CT molecular complexity index is 948. The molecule has 5 rings (SSSR count). The molecule has 5 nitrogen and oxygen atoms in total. The molecule has 3 heterocycles. The molecule has 0 aliphatic carbocycles. The largest absolute Gasteiger partial charge is 0.371 e. The molecule has 2 aromatic carbocycles. The van der Waals surface area contributed by atoms with E-state index in [0.717, 1.165) is 57.9 Å². The number of nitrogens with zero attached hydrogens (tertiary/aromatic N) is 2. The molecule has 0 radical (unpaired) electrons. The maximum Gasteiger partial charge on any atom is 0.219 e. The molecule has 0 spiro atoms. The fourth-order valence-corrected chi connectivity index (χ4v) is 6.49. The number of likely N-dealkylation sites (tertiary alicyclic amines) is 1. The van der Waals surface area contributed by atoms with Gasteiger partial charge in [0.15, 0.2) is 0 Å². The molecule has 3 atom stereocenters. The summed E-state index contributed by atoms with van der Waals surface area (Å²) in [6.07, 6.45) is 7.49. The first-order valence-corrected chi connectivity index (χ1v) is 13.8. The van der Waals surface area contributed by atoms with Crippen LogP contribution in [0.3, 0.4) is 0 Å². The van der Waals surface area contributed by atoms with Gasteiger partial charge in [0.25, 0.3) is 0 Å². The zero-order valence-electron chi connectivity index (χ0n) is 21.1. The number of anilines is 1. The number of benzene rings is 2. The summed E-state index contributed by atoms with van der Waals surface area (Å²) in [6, 6.07) is 20.2. The first kappa shape index (κ1) is 24.3. The molecular formula is C30H42N4O. The van der Waals surface area contributed by atoms with Crippen molar-refractivity contribution in [2.75, 3.05) is 44.2 Å². The predicted molar refractivity (Wildman–Crippen MR) is 144 cm³/mol. The lowest BCUT2D eigenvalue weighted by molar-refractivity contribution is -0.121. The molecule has 3 aliphatic rings. The van der Waals surface area contributed by atoms with Gasteiger partial charge in [-0.05, 0) is 74.1 Å². The summed E-state index contributed by atoms with van der Waals surface area (Å²) in [4.78, 5) is 17.6. The summed E-state index contributed by atoms with van der Waals surface area (Å²) in [6.45, 7) is 7.49. The Kier molecular flexibility index (Phi) is 8.37. The Morgan fingerprint density at radius 2 is 1.89 bits per heavy atom. The normalized spacial score (nSPS) is 24.1. The average Bonchev–Trinajstić information content (AvgIpc) is 2.88. The lowest BCUT2D eigenvalue weighted by Gasteiger charge is -2.46. The second-order valence-corrected chi connectivity index (χ2v) is 10.9. The van der Waals surface area contributed by atoms with Gasteiger partial charge in [0.05, 0.1) is 0 Å². The molecule has 2 fully saturated rings. The smallest absolute Gasteiger partial charge is 0.219 e. The van der Waals surface area contributed by atoms with Crippen molar-refractivity contribution in [2.45, 2.75) is 57.5 Å². The third-order valence-electron chi connectivity index (χ3n) is 8.18. The van der Waals surface area contributed by atoms with Crippen LogP contribution in [0, 0.1) is 11.8 Å². The zero-order chi connectivity index (χ0) is 23.9. The van der Waals surface area contributed by atoms with Crippen LogP contribution in [0.25, 0.3) is 0 Å². The minimum absolute atomic E-state index is 0.215. The summed E-state index contributed by atoms with van der Waals surface area (Å²) >= 11 is 0. The van der Waals surface area contributed by atoms with Crippen LogP contribution in [0.15, 0.2) is 54.6 Å². The first-order chi connectivity index (χ1) is 17.2. The first-order valence-electron chi connectivity index (χ1n) is 13.8. The van der Waals surface area contributed by atoms with Crippen molar-refractivity contribution in [2.24, 2.45) is 11.8 Å². The van der Waals surface area contributed by atoms with Crippen LogP contribution in [0.1, 0.15) is 49.7 Å². The second kappa shape index (κ2) is 12.0. The molecule has 2 unspecified atom stereocenters. The molecule has 0 aromatic heterocycles. The number of nitrogens with one attached hydrogen (secondary N) is 2. The van der Waals surface area contributed by atoms with E-state index in [0.29, 0.717) is 18.4 Å². The highest BCUT2D eigenvalue weighted by Gasteiger charge is 2.36. The molecule has 2 aromatic rings. The molecule has 2 N–H and O–H groups in total. The van der Waals surface area contributed by atoms with E-state index in [1.165, 1.54) is 49.2 Å². The quantitative estimate of drug-likeness (QED) is 0.506. The van der Waals surface area contributed by atoms with Crippen molar-refractivity contribution in [3.8, 4) is 0 Å². The number of carbonyl (C=O) groups excluding carboxylic acids is 1. The van der Waals surface area contributed by atoms with Crippen LogP contribution >= 0.6 is 0 Å². The van der Waals surface area contributed by atoms with Gasteiger partial charge in [-0.15, -0.1) is 0 Å². The van der Waals surface area contributed by atoms with Crippen LogP contribution in [-0.2, 0) is 17.8 Å². The predicted octanol–water partition coefficient (Wildman–Crippen LogP) is 4.23. The number of aryl methyl sites for hydroxylation is 1. The van der Waals surface area contributed by atoms with Crippen LogP contribution in [0.5, 0.6) is 0 Å². The average molecular weight is 475 g/mol. The number of fused-ring (bicyclic) bond motifs is 3. The fraction of sp³-hybridized carbons (Fsp3) is 0.567. The van der Waals surface area contributed by atoms with E-state index in [9.17, 15) is 4.79 Å². The van der Waals surface area contributed by atoms with Gasteiger partial charge in [-0.3, -0.25) is 9.69 Å². The molecule has 2 saturated heterocycles. The Balaban J connectivity index is 0.985. The molecule has 5 heteroatoms. The lowest BCUT2D eigenvalue weighted by Crippen LogP contribution is -2.55. The van der Waals surface area contributed by atoms with E-state index in [2.05, 4.69) is 75.0 Å². The summed E-state index contributed by atoms with van der Waals surface area (Å²) in [5.41, 5.74) is 4.27. The van der Waals surface area contributed by atoms with Gasteiger partial charge in [0.1, 0.15) is 0 Å². The summed E-state index contributed by atoms with van der Waals surface area (Å²) in [5, 5.41) is 6.98. The van der Waals surface area contributed by atoms with E-state index >= 15 is 0 Å². The molecule has 2 bridgehead atoms. The second-order valence-electron chi connectivity index (χ2n) is 10.9. The van der Waals surface area contributed by atoms with Gasteiger partial charge in [-0.2, -0.15) is 0 Å². The van der Waals surface area contributed by atoms with Crippen molar-refractivity contribution in [1.82, 2.24) is 15.5 Å². The molecule has 0 saturated carbocycles.